The number of nitrogens with zero attached hydrogens (tertiary/aromatic N) is 3. The van der Waals surface area contributed by atoms with E-state index in [-0.39, 0.29) is 5.97 Å². The summed E-state index contributed by atoms with van der Waals surface area (Å²) in [5.41, 5.74) is 2.31. The molecule has 3 heterocycles. The molecule has 124 valence electrons. The van der Waals surface area contributed by atoms with E-state index in [1.54, 1.807) is 6.07 Å². The largest absolute Gasteiger partial charge is 0.465 e. The molecule has 6 nitrogen and oxygen atoms in total. The van der Waals surface area contributed by atoms with E-state index in [1.807, 2.05) is 19.1 Å². The van der Waals surface area contributed by atoms with Crippen molar-refractivity contribution >= 4 is 33.7 Å². The van der Waals surface area contributed by atoms with Crippen LogP contribution in [-0.4, -0.2) is 41.1 Å². The number of nitrogens with one attached hydrogen (secondary N) is 1. The van der Waals surface area contributed by atoms with Crippen molar-refractivity contribution in [3.8, 4) is 0 Å². The Morgan fingerprint density at radius 3 is 2.75 bits per heavy atom. The van der Waals surface area contributed by atoms with Gasteiger partial charge >= 0.3 is 5.97 Å². The lowest BCUT2D eigenvalue weighted by Crippen LogP contribution is -2.30. The molecule has 24 heavy (non-hydrogen) atoms. The van der Waals surface area contributed by atoms with Crippen molar-refractivity contribution in [1.82, 2.24) is 15.0 Å². The fourth-order valence-corrected chi connectivity index (χ4v) is 3.46. The highest BCUT2D eigenvalue weighted by Crippen LogP contribution is 2.33. The number of carbonyl (C=O) groups is 1. The van der Waals surface area contributed by atoms with Crippen LogP contribution >= 0.6 is 0 Å². The lowest BCUT2D eigenvalue weighted by Gasteiger charge is -2.28. The van der Waals surface area contributed by atoms with Gasteiger partial charge in [-0.05, 0) is 44.4 Å². The third kappa shape index (κ3) is 2.38. The molecule has 3 aromatic rings. The van der Waals surface area contributed by atoms with E-state index < -0.39 is 0 Å². The lowest BCUT2D eigenvalue weighted by atomic mass is 10.1. The number of aromatic amines is 1. The summed E-state index contributed by atoms with van der Waals surface area (Å²) in [4.78, 5) is 26.8. The highest BCUT2D eigenvalue weighted by atomic mass is 16.5. The average molecular weight is 324 g/mol. The normalized spacial score (nSPS) is 15.2. The first kappa shape index (κ1) is 14.9. The summed E-state index contributed by atoms with van der Waals surface area (Å²) in [6, 6.07) is 5.54. The lowest BCUT2D eigenvalue weighted by molar-refractivity contribution is 0.0601. The van der Waals surface area contributed by atoms with E-state index in [0.29, 0.717) is 5.56 Å². The number of ether oxygens (including phenoxy) is 1. The summed E-state index contributed by atoms with van der Waals surface area (Å²) in [5.74, 6) is 1.38. The van der Waals surface area contributed by atoms with Crippen molar-refractivity contribution in [3.63, 3.8) is 0 Å². The number of hydrogen-bond acceptors (Lipinski definition) is 5. The van der Waals surface area contributed by atoms with Gasteiger partial charge in [0.05, 0.1) is 18.1 Å². The second-order valence-corrected chi connectivity index (χ2v) is 6.24. The number of hydrogen-bond donors (Lipinski definition) is 1. The van der Waals surface area contributed by atoms with E-state index in [9.17, 15) is 4.79 Å². The molecule has 1 aromatic carbocycles. The number of aryl methyl sites for hydroxylation is 1. The van der Waals surface area contributed by atoms with Gasteiger partial charge in [0.2, 0.25) is 0 Å². The molecule has 1 saturated heterocycles. The maximum absolute atomic E-state index is 11.9. The summed E-state index contributed by atoms with van der Waals surface area (Å²) in [6.07, 6.45) is 3.63. The molecule has 0 unspecified atom stereocenters. The number of methoxy groups -OCH3 is 1. The van der Waals surface area contributed by atoms with Crippen LogP contribution in [0.15, 0.2) is 18.2 Å². The Balaban J connectivity index is 1.97. The van der Waals surface area contributed by atoms with E-state index in [4.69, 9.17) is 9.72 Å². The van der Waals surface area contributed by atoms with Gasteiger partial charge in [0, 0.05) is 24.0 Å². The minimum atomic E-state index is -0.334. The molecule has 1 N–H and O–H groups in total. The Bertz CT molecular complexity index is 926. The third-order valence-corrected chi connectivity index (χ3v) is 4.62. The average Bonchev–Trinajstić information content (AvgIpc) is 2.98. The molecule has 0 aliphatic carbocycles. The van der Waals surface area contributed by atoms with Gasteiger partial charge in [-0.2, -0.15) is 0 Å². The molecule has 0 atom stereocenters. The van der Waals surface area contributed by atoms with Gasteiger partial charge in [-0.1, -0.05) is 0 Å². The van der Waals surface area contributed by atoms with E-state index >= 15 is 0 Å². The number of fused-ring (bicyclic) bond motifs is 3. The smallest absolute Gasteiger partial charge is 0.337 e. The predicted molar refractivity (Wildman–Crippen MR) is 93.5 cm³/mol. The first-order valence-electron chi connectivity index (χ1n) is 8.31. The van der Waals surface area contributed by atoms with Crippen LogP contribution in [0.25, 0.3) is 21.9 Å². The second-order valence-electron chi connectivity index (χ2n) is 6.24. The van der Waals surface area contributed by atoms with Gasteiger partial charge in [-0.15, -0.1) is 0 Å². The summed E-state index contributed by atoms with van der Waals surface area (Å²) in [5, 5.41) is 1.96. The van der Waals surface area contributed by atoms with Crippen LogP contribution in [0.4, 0.5) is 5.82 Å². The molecule has 0 radical (unpaired) electrons. The summed E-state index contributed by atoms with van der Waals surface area (Å²) in [6.45, 7) is 3.93. The van der Waals surface area contributed by atoms with Gasteiger partial charge in [-0.25, -0.2) is 14.8 Å². The monoisotopic (exact) mass is 324 g/mol. The minimum Gasteiger partial charge on any atom is -0.465 e. The highest BCUT2D eigenvalue weighted by Gasteiger charge is 2.20. The fourth-order valence-electron chi connectivity index (χ4n) is 3.46. The first-order valence-corrected chi connectivity index (χ1v) is 8.31. The van der Waals surface area contributed by atoms with E-state index in [0.717, 1.165) is 46.7 Å². The number of rotatable bonds is 2. The molecule has 4 rings (SSSR count). The van der Waals surface area contributed by atoms with Crippen molar-refractivity contribution in [2.75, 3.05) is 25.1 Å². The number of aromatic nitrogens is 3. The van der Waals surface area contributed by atoms with Crippen LogP contribution in [0, 0.1) is 6.92 Å². The van der Waals surface area contributed by atoms with Crippen LogP contribution < -0.4 is 4.90 Å². The van der Waals surface area contributed by atoms with Gasteiger partial charge in [0.1, 0.15) is 17.3 Å². The topological polar surface area (TPSA) is 71.1 Å². The zero-order valence-electron chi connectivity index (χ0n) is 13.9. The molecule has 0 spiro atoms. The summed E-state index contributed by atoms with van der Waals surface area (Å²) in [7, 11) is 1.40. The van der Waals surface area contributed by atoms with Crippen molar-refractivity contribution < 1.29 is 9.53 Å². The SMILES string of the molecule is COC(=O)c1ccc2[nH]c3nc(C)nc(N4CCCCC4)c3c2c1. The maximum atomic E-state index is 11.9. The van der Waals surface area contributed by atoms with Gasteiger partial charge < -0.3 is 14.6 Å². The van der Waals surface area contributed by atoms with E-state index in [2.05, 4.69) is 14.9 Å². The van der Waals surface area contributed by atoms with Crippen molar-refractivity contribution in [3.05, 3.63) is 29.6 Å². The fraction of sp³-hybridized carbons (Fsp3) is 0.389. The van der Waals surface area contributed by atoms with Crippen LogP contribution in [0.2, 0.25) is 0 Å². The number of carbonyl (C=O) groups excluding carboxylic acids is 1. The molecule has 0 amide bonds. The zero-order chi connectivity index (χ0) is 16.7. The van der Waals surface area contributed by atoms with Crippen LogP contribution in [0.3, 0.4) is 0 Å². The highest BCUT2D eigenvalue weighted by molar-refractivity contribution is 6.13. The molecular weight excluding hydrogens is 304 g/mol. The Morgan fingerprint density at radius 2 is 2.00 bits per heavy atom. The summed E-state index contributed by atoms with van der Waals surface area (Å²) < 4.78 is 4.85. The molecule has 0 bridgehead atoms. The third-order valence-electron chi connectivity index (χ3n) is 4.62. The molecule has 1 aliphatic rings. The Labute approximate surface area is 139 Å². The minimum absolute atomic E-state index is 0.334. The number of anilines is 1. The Hall–Kier alpha value is -2.63. The molecule has 1 fully saturated rings. The van der Waals surface area contributed by atoms with Gasteiger partial charge in [0.15, 0.2) is 0 Å². The van der Waals surface area contributed by atoms with E-state index in [1.165, 1.54) is 26.4 Å². The molecular formula is C18H20N4O2. The van der Waals surface area contributed by atoms with Crippen LogP contribution in [0.1, 0.15) is 35.4 Å². The predicted octanol–water partition coefficient (Wildman–Crippen LogP) is 3.20. The van der Waals surface area contributed by atoms with Crippen molar-refractivity contribution in [1.29, 1.82) is 0 Å². The molecule has 0 saturated carbocycles. The number of esters is 1. The number of piperidine rings is 1. The molecule has 6 heteroatoms. The number of H-pyrrole nitrogens is 1. The second kappa shape index (κ2) is 5.78. The van der Waals surface area contributed by atoms with Crippen LogP contribution in [-0.2, 0) is 4.74 Å². The maximum Gasteiger partial charge on any atom is 0.337 e. The summed E-state index contributed by atoms with van der Waals surface area (Å²) >= 11 is 0. The quantitative estimate of drug-likeness (QED) is 0.733. The zero-order valence-corrected chi connectivity index (χ0v) is 13.9. The van der Waals surface area contributed by atoms with Crippen molar-refractivity contribution in [2.24, 2.45) is 0 Å². The van der Waals surface area contributed by atoms with Crippen molar-refractivity contribution in [2.45, 2.75) is 26.2 Å². The Morgan fingerprint density at radius 1 is 1.21 bits per heavy atom. The van der Waals surface area contributed by atoms with Gasteiger partial charge in [-0.3, -0.25) is 0 Å². The number of benzene rings is 1. The first-order chi connectivity index (χ1) is 11.7. The standard InChI is InChI=1S/C18H20N4O2/c1-11-19-16-15(17(20-11)22-8-4-3-5-9-22)13-10-12(18(23)24-2)6-7-14(13)21-16/h6-7,10H,3-5,8-9H2,1-2H3,(H,19,20,21). The molecule has 1 aliphatic heterocycles. The van der Waals surface area contributed by atoms with Gasteiger partial charge in [0.25, 0.3) is 0 Å². The Kier molecular flexibility index (Phi) is 3.59. The molecule has 2 aromatic heterocycles. The van der Waals surface area contributed by atoms with Crippen LogP contribution in [0.5, 0.6) is 0 Å².